The predicted octanol–water partition coefficient (Wildman–Crippen LogP) is 6.85. The van der Waals surface area contributed by atoms with Crippen molar-refractivity contribution in [3.8, 4) is 0 Å². The molecule has 23 atom stereocenters. The number of aromatic nitrogens is 10. The molecule has 1 amide bonds. The topological polar surface area (TPSA) is 504 Å². The number of nitrogen functional groups attached to an aromatic ring is 3. The molecule has 7 aliphatic rings. The van der Waals surface area contributed by atoms with Gasteiger partial charge in [-0.3, -0.25) is 27.3 Å². The summed E-state index contributed by atoms with van der Waals surface area (Å²) in [5.41, 5.74) is 19.9. The predicted molar refractivity (Wildman–Crippen MR) is 416 cm³/mol. The minimum absolute atomic E-state index is 0.0130. The fourth-order valence-electron chi connectivity index (χ4n) is 18.1. The highest BCUT2D eigenvalue weighted by atomic mass is 32.5. The van der Waals surface area contributed by atoms with E-state index < -0.39 is 137 Å². The zero-order chi connectivity index (χ0) is 81.3. The third-order valence-electron chi connectivity index (χ3n) is 23.5. The molecule has 6 fully saturated rings. The van der Waals surface area contributed by atoms with Gasteiger partial charge in [0.2, 0.25) is 0 Å². The van der Waals surface area contributed by atoms with Crippen molar-refractivity contribution in [2.24, 2.45) is 46.3 Å². The Hall–Kier alpha value is -4.97. The second kappa shape index (κ2) is 39.0. The summed E-state index contributed by atoms with van der Waals surface area (Å²) in [6, 6.07) is 1.31. The number of alkyl carbamates (subject to hydrolysis) is 1. The third-order valence-corrected chi connectivity index (χ3v) is 27.4. The summed E-state index contributed by atoms with van der Waals surface area (Å²) in [5, 5.41) is 2.90. The lowest BCUT2D eigenvalue weighted by molar-refractivity contribution is -0.0641. The van der Waals surface area contributed by atoms with Crippen molar-refractivity contribution in [3.05, 3.63) is 72.4 Å². The highest BCUT2D eigenvalue weighted by Gasteiger charge is 2.61. The van der Waals surface area contributed by atoms with E-state index in [9.17, 15) is 38.6 Å². The van der Waals surface area contributed by atoms with Crippen molar-refractivity contribution in [2.75, 3.05) is 111 Å². The van der Waals surface area contributed by atoms with E-state index in [1.165, 1.54) is 119 Å². The first-order valence-electron chi connectivity index (χ1n) is 38.4. The van der Waals surface area contributed by atoms with Crippen LogP contribution in [0.2, 0.25) is 0 Å². The van der Waals surface area contributed by atoms with Gasteiger partial charge in [0.25, 0.3) is 0 Å². The van der Waals surface area contributed by atoms with E-state index in [2.05, 4.69) is 86.6 Å². The Kier molecular flexibility index (Phi) is 30.2. The number of hydrogen-bond acceptors (Lipinski definition) is 34. The molecule has 44 heteroatoms. The molecule has 0 radical (unpaired) electrons. The second-order valence-electron chi connectivity index (χ2n) is 30.6. The molecule has 8 unspecified atom stereocenters. The van der Waals surface area contributed by atoms with E-state index in [-0.39, 0.29) is 90.9 Å². The quantitative estimate of drug-likeness (QED) is 0.0109. The van der Waals surface area contributed by atoms with Crippen molar-refractivity contribution in [2.45, 2.75) is 184 Å². The number of anilines is 3. The van der Waals surface area contributed by atoms with Crippen LogP contribution < -0.4 is 28.2 Å². The first kappa shape index (κ1) is 88.3. The van der Waals surface area contributed by atoms with Gasteiger partial charge >= 0.3 is 34.5 Å². The molecule has 0 aromatic carbocycles. The number of rotatable bonds is 42. The van der Waals surface area contributed by atoms with E-state index in [0.717, 1.165) is 48.0 Å². The summed E-state index contributed by atoms with van der Waals surface area (Å²) in [5.74, 6) is 4.15. The van der Waals surface area contributed by atoms with E-state index in [4.69, 9.17) is 108 Å². The number of imidazole rings is 2. The number of hydrogen-bond donors (Lipinski definition) is 9. The van der Waals surface area contributed by atoms with Crippen molar-refractivity contribution in [3.63, 3.8) is 0 Å². The van der Waals surface area contributed by atoms with Crippen LogP contribution in [0.4, 0.5) is 22.2 Å². The molecule has 5 aromatic rings. The Balaban J connectivity index is 0.594. The number of fused-ring (bicyclic) bond motifs is 7. The van der Waals surface area contributed by atoms with Gasteiger partial charge in [-0.1, -0.05) is 58.3 Å². The summed E-state index contributed by atoms with van der Waals surface area (Å²) >= 11 is 5.62. The molecule has 0 bridgehead atoms. The Morgan fingerprint density at radius 1 is 0.746 bits per heavy atom. The summed E-state index contributed by atoms with van der Waals surface area (Å²) in [7, 11) is -7.34. The number of allylic oxidation sites excluding steroid dienone is 2. The number of nitrogens with two attached hydrogens (primary N) is 3. The minimum Gasteiger partial charge on any atom is -0.446 e. The smallest absolute Gasteiger partial charge is 0.446 e. The first-order valence-corrected chi connectivity index (χ1v) is 44.9. The fourth-order valence-corrected chi connectivity index (χ4v) is 21.7. The number of carbonyl (C=O) groups excluding carboxylic acids is 1. The molecule has 5 aromatic heterocycles. The van der Waals surface area contributed by atoms with Gasteiger partial charge in [0.1, 0.15) is 91.0 Å². The van der Waals surface area contributed by atoms with Gasteiger partial charge in [-0.05, 0) is 122 Å². The zero-order valence-corrected chi connectivity index (χ0v) is 69.4. The fraction of sp³-hybridized carbons (Fsp3) is 0.729. The number of amides is 1. The van der Waals surface area contributed by atoms with Crippen LogP contribution in [0.1, 0.15) is 123 Å². The Bertz CT molecular complexity index is 4240. The van der Waals surface area contributed by atoms with E-state index in [1.807, 2.05) is 0 Å². The van der Waals surface area contributed by atoms with Crippen LogP contribution >= 0.6 is 31.7 Å². The van der Waals surface area contributed by atoms with Crippen molar-refractivity contribution >= 4 is 89.4 Å². The first-order chi connectivity index (χ1) is 54.6. The van der Waals surface area contributed by atoms with Gasteiger partial charge in [0, 0.05) is 47.1 Å². The highest BCUT2D eigenvalue weighted by Crippen LogP contribution is 2.68. The van der Waals surface area contributed by atoms with E-state index in [1.54, 1.807) is 0 Å². The lowest BCUT2D eigenvalue weighted by Crippen LogP contribution is -2.51. The summed E-state index contributed by atoms with van der Waals surface area (Å²) < 4.78 is 118. The zero-order valence-electron chi connectivity index (χ0n) is 64.9. The van der Waals surface area contributed by atoms with Gasteiger partial charge in [-0.25, -0.2) is 44.1 Å². The monoisotopic (exact) mass is 1700 g/mol. The van der Waals surface area contributed by atoms with Crippen LogP contribution in [-0.4, -0.2) is 234 Å². The lowest BCUT2D eigenvalue weighted by Gasteiger charge is -2.58. The lowest BCUT2D eigenvalue weighted by atomic mass is 9.47. The van der Waals surface area contributed by atoms with Crippen LogP contribution in [0.25, 0.3) is 22.3 Å². The van der Waals surface area contributed by atoms with E-state index >= 15 is 0 Å². The minimum atomic E-state index is -5.28. The Morgan fingerprint density at radius 2 is 1.33 bits per heavy atom. The summed E-state index contributed by atoms with van der Waals surface area (Å²) in [6.07, 6.45) is 7.50. The molecular weight excluding hydrogens is 1590 g/mol. The molecule has 0 spiro atoms. The molecule has 4 aliphatic carbocycles. The maximum absolute atomic E-state index is 14.3. The van der Waals surface area contributed by atoms with Crippen LogP contribution in [0.5, 0.6) is 0 Å². The van der Waals surface area contributed by atoms with Crippen LogP contribution in [0.15, 0.2) is 66.7 Å². The van der Waals surface area contributed by atoms with Crippen molar-refractivity contribution < 1.29 is 113 Å². The SMILES string of the molecule is C=C[C@H](CCCC(C)C)C1CCC2C3CC=C4CC(OC(=O)NCCCOCCOCCOCCO[P+](O)(O)O[C@H]5[C@@H](OC)[C@H](n6ccc(N)nc6=O)O[C@@H]5COP(O)(=S)O[C@H]5[C@@H](OC)[C@H](n6cnc7c(N)ncnc76)O[C@@H]5COP(=O)(O)O[C@H]5[C@@H](OC)[C@H](n6cnc7c(N)ncnc76)O[C@@H]5COPO)CC[C@]4(C)C3CC[C@@]21C. The maximum Gasteiger partial charge on any atom is 0.570 e. The number of nitrogens with zero attached hydrogens (tertiary/aromatic N) is 10. The number of phosphoric acid groups is 1. The molecule has 39 nitrogen and oxygen atoms in total. The van der Waals surface area contributed by atoms with Gasteiger partial charge in [-0.2, -0.15) is 19.3 Å². The largest absolute Gasteiger partial charge is 0.570 e. The number of carbonyl (C=O) groups is 1. The summed E-state index contributed by atoms with van der Waals surface area (Å²) in [6.45, 7) is 8.46. The standard InChI is InChI=1S/C70H108N14O25P4S/c1-9-41(13-10-12-40(2)3)45-16-17-46-44-15-14-42-32-43(18-21-69(42,4)47(44)19-22-70(45,46)5)103-68(86)74-23-11-25-96-26-27-97-28-29-98-30-31-100-111(88,89)107-55-50(105-64(57(55)93-6)82-24-20-51(71)81-67(82)85)35-102-113(92,114)109-56-49(106-66(59(56)95-8)84-39-80-53-61(73)76-37-78-63(53)84)34-101-112(90,91)108-54-48(33-99-110-87)104-65(58(54)94-7)83-38-79-52-60(72)75-36-77-62(52)83/h9,14,20,24,36-41,43-50,54-59,64-66,87-89,110H,1,10-13,15-19,21-23,25-35H2,2-8H3,(H8-,71,72,73,74,75,76,77,78,81,85,86,90,91,92,114)/p+1/t41-,43?,44?,45?,46?,47?,48-,49-,50-,54-,55-,56-,57-,58-,59-,64-,65-,66-,69+,70-,113?/m1/s1. The molecule has 8 heterocycles. The van der Waals surface area contributed by atoms with Gasteiger partial charge < -0.3 is 93.6 Å². The highest BCUT2D eigenvalue weighted by molar-refractivity contribution is 8.07. The molecule has 12 N–H and O–H groups in total. The molecule has 3 saturated carbocycles. The number of ether oxygens (including phenoxy) is 10. The van der Waals surface area contributed by atoms with Crippen LogP contribution in [0.3, 0.4) is 0 Å². The number of methoxy groups -OCH3 is 3. The molecule has 634 valence electrons. The third kappa shape index (κ3) is 20.4. The van der Waals surface area contributed by atoms with Crippen molar-refractivity contribution in [1.29, 1.82) is 0 Å². The molecule has 12 rings (SSSR count). The van der Waals surface area contributed by atoms with Crippen molar-refractivity contribution in [1.82, 2.24) is 53.9 Å². The molecule has 114 heavy (non-hydrogen) atoms. The second-order valence-corrected chi connectivity index (χ2v) is 36.7. The average Bonchev–Trinajstić information content (AvgIpc) is 1.40. The van der Waals surface area contributed by atoms with Gasteiger partial charge in [-0.15, -0.1) is 11.1 Å². The Morgan fingerprint density at radius 3 is 1.95 bits per heavy atom. The van der Waals surface area contributed by atoms with Gasteiger partial charge in [0.05, 0.1) is 65.5 Å². The van der Waals surface area contributed by atoms with Gasteiger partial charge in [0.15, 0.2) is 56.8 Å². The Labute approximate surface area is 667 Å². The molecular formula is C70H109N14O25P4S+. The average molecular weight is 1700 g/mol. The van der Waals surface area contributed by atoms with E-state index in [0.29, 0.717) is 42.7 Å². The number of nitrogens with one attached hydrogen (secondary N) is 1. The summed E-state index contributed by atoms with van der Waals surface area (Å²) in [4.78, 5) is 111. The normalized spacial score (nSPS) is 31.7. The maximum atomic E-state index is 14.3. The van der Waals surface area contributed by atoms with Crippen LogP contribution in [0, 0.1) is 46.3 Å². The number of phosphoric ester groups is 1. The molecule has 3 aliphatic heterocycles. The van der Waals surface area contributed by atoms with Crippen LogP contribution in [-0.2, 0) is 95.4 Å². The molecule has 3 saturated heterocycles.